The molecule has 1 aliphatic rings. The molecular formula is C15H21ClFN3O. The van der Waals surface area contributed by atoms with Gasteiger partial charge in [0.1, 0.15) is 5.82 Å². The van der Waals surface area contributed by atoms with Crippen molar-refractivity contribution in [3.8, 4) is 0 Å². The average Bonchev–Trinajstić information content (AvgIpc) is 2.49. The highest BCUT2D eigenvalue weighted by Crippen LogP contribution is 2.21. The van der Waals surface area contributed by atoms with Crippen LogP contribution in [0.1, 0.15) is 12.0 Å². The van der Waals surface area contributed by atoms with Gasteiger partial charge in [-0.05, 0) is 19.2 Å². The van der Waals surface area contributed by atoms with E-state index in [-0.39, 0.29) is 11.7 Å². The molecule has 0 aromatic heterocycles. The Morgan fingerprint density at radius 3 is 2.67 bits per heavy atom. The second-order valence-electron chi connectivity index (χ2n) is 5.21. The summed E-state index contributed by atoms with van der Waals surface area (Å²) in [7, 11) is 1.84. The zero-order chi connectivity index (χ0) is 15.2. The van der Waals surface area contributed by atoms with E-state index in [9.17, 15) is 9.18 Å². The van der Waals surface area contributed by atoms with Gasteiger partial charge in [-0.25, -0.2) is 4.39 Å². The largest absolute Gasteiger partial charge is 0.340 e. The smallest absolute Gasteiger partial charge is 0.223 e. The molecule has 116 valence electrons. The van der Waals surface area contributed by atoms with Gasteiger partial charge in [0.15, 0.2) is 0 Å². The zero-order valence-electron chi connectivity index (χ0n) is 12.2. The minimum atomic E-state index is -0.268. The van der Waals surface area contributed by atoms with Crippen LogP contribution in [-0.4, -0.2) is 55.5 Å². The van der Waals surface area contributed by atoms with Gasteiger partial charge in [-0.2, -0.15) is 0 Å². The Morgan fingerprint density at radius 2 is 2.05 bits per heavy atom. The van der Waals surface area contributed by atoms with Gasteiger partial charge in [0.05, 0.1) is 0 Å². The van der Waals surface area contributed by atoms with Gasteiger partial charge >= 0.3 is 0 Å². The summed E-state index contributed by atoms with van der Waals surface area (Å²) in [5.74, 6) is -0.0945. The monoisotopic (exact) mass is 313 g/mol. The van der Waals surface area contributed by atoms with Crippen LogP contribution in [0.3, 0.4) is 0 Å². The number of amides is 1. The van der Waals surface area contributed by atoms with Crippen LogP contribution < -0.4 is 5.32 Å². The predicted molar refractivity (Wildman–Crippen MR) is 81.8 cm³/mol. The first-order valence-corrected chi connectivity index (χ1v) is 7.57. The van der Waals surface area contributed by atoms with Crippen LogP contribution in [0, 0.1) is 5.82 Å². The van der Waals surface area contributed by atoms with Gasteiger partial charge in [0.25, 0.3) is 0 Å². The van der Waals surface area contributed by atoms with Gasteiger partial charge in [0.2, 0.25) is 5.91 Å². The van der Waals surface area contributed by atoms with Gasteiger partial charge in [-0.3, -0.25) is 9.69 Å². The Bertz CT molecular complexity index is 470. The molecule has 1 aliphatic heterocycles. The number of hydrogen-bond acceptors (Lipinski definition) is 3. The second kappa shape index (κ2) is 7.73. The van der Waals surface area contributed by atoms with E-state index in [1.165, 1.54) is 6.07 Å². The predicted octanol–water partition coefficient (Wildman–Crippen LogP) is 1.73. The van der Waals surface area contributed by atoms with Crippen LogP contribution in [0.5, 0.6) is 0 Å². The maximum Gasteiger partial charge on any atom is 0.223 e. The topological polar surface area (TPSA) is 35.6 Å². The normalized spacial score (nSPS) is 16.2. The van der Waals surface area contributed by atoms with Crippen LogP contribution in [0.4, 0.5) is 4.39 Å². The number of halogens is 2. The van der Waals surface area contributed by atoms with E-state index < -0.39 is 0 Å². The Hall–Kier alpha value is -1.17. The molecule has 1 N–H and O–H groups in total. The summed E-state index contributed by atoms with van der Waals surface area (Å²) in [5.41, 5.74) is 0.536. The number of rotatable bonds is 5. The van der Waals surface area contributed by atoms with Crippen molar-refractivity contribution in [3.63, 3.8) is 0 Å². The van der Waals surface area contributed by atoms with Crippen LogP contribution >= 0.6 is 11.6 Å². The molecule has 0 aliphatic carbocycles. The summed E-state index contributed by atoms with van der Waals surface area (Å²) in [6.07, 6.45) is 0.523. The molecule has 1 amide bonds. The van der Waals surface area contributed by atoms with E-state index in [2.05, 4.69) is 10.2 Å². The lowest BCUT2D eigenvalue weighted by Crippen LogP contribution is -2.48. The van der Waals surface area contributed by atoms with Crippen molar-refractivity contribution >= 4 is 17.5 Å². The Balaban J connectivity index is 1.86. The molecular weight excluding hydrogens is 293 g/mol. The van der Waals surface area contributed by atoms with Crippen molar-refractivity contribution in [2.75, 3.05) is 39.8 Å². The Kier molecular flexibility index (Phi) is 5.96. The highest BCUT2D eigenvalue weighted by molar-refractivity contribution is 6.31. The lowest BCUT2D eigenvalue weighted by atomic mass is 10.1. The van der Waals surface area contributed by atoms with Gasteiger partial charge in [-0.15, -0.1) is 0 Å². The van der Waals surface area contributed by atoms with Crippen LogP contribution in [0.15, 0.2) is 18.2 Å². The highest BCUT2D eigenvalue weighted by Gasteiger charge is 2.21. The van der Waals surface area contributed by atoms with E-state index in [0.29, 0.717) is 43.2 Å². The van der Waals surface area contributed by atoms with Gasteiger partial charge in [-0.1, -0.05) is 17.7 Å². The van der Waals surface area contributed by atoms with Crippen molar-refractivity contribution in [1.82, 2.24) is 15.1 Å². The quantitative estimate of drug-likeness (QED) is 0.899. The molecule has 1 fully saturated rings. The summed E-state index contributed by atoms with van der Waals surface area (Å²) in [4.78, 5) is 15.9. The maximum atomic E-state index is 13.8. The van der Waals surface area contributed by atoms with Crippen molar-refractivity contribution in [2.45, 2.75) is 13.0 Å². The second-order valence-corrected chi connectivity index (χ2v) is 5.62. The molecule has 0 unspecified atom stereocenters. The minimum absolute atomic E-state index is 0.174. The lowest BCUT2D eigenvalue weighted by molar-refractivity contribution is -0.132. The number of piperazine rings is 1. The molecule has 21 heavy (non-hydrogen) atoms. The summed E-state index contributed by atoms with van der Waals surface area (Å²) in [6.45, 7) is 4.06. The van der Waals surface area contributed by atoms with Crippen molar-refractivity contribution in [2.24, 2.45) is 0 Å². The Labute approximate surface area is 129 Å². The fraction of sp³-hybridized carbons (Fsp3) is 0.533. The van der Waals surface area contributed by atoms with Crippen LogP contribution in [0.2, 0.25) is 5.02 Å². The molecule has 0 saturated carbocycles. The number of carbonyl (C=O) groups is 1. The number of benzene rings is 1. The fourth-order valence-corrected chi connectivity index (χ4v) is 2.68. The molecule has 0 atom stereocenters. The first-order chi connectivity index (χ1) is 10.1. The highest BCUT2D eigenvalue weighted by atomic mass is 35.5. The molecule has 0 bridgehead atoms. The van der Waals surface area contributed by atoms with E-state index >= 15 is 0 Å². The molecule has 1 saturated heterocycles. The van der Waals surface area contributed by atoms with Crippen LogP contribution in [-0.2, 0) is 11.3 Å². The third-order valence-corrected chi connectivity index (χ3v) is 4.11. The number of nitrogens with zero attached hydrogens (tertiary/aromatic N) is 2. The third kappa shape index (κ3) is 4.40. The first kappa shape index (κ1) is 16.2. The summed E-state index contributed by atoms with van der Waals surface area (Å²) < 4.78 is 13.8. The SMILES string of the molecule is CNCCC(=O)N1CCN(Cc2c(F)cccc2Cl)CC1. The van der Waals surface area contributed by atoms with E-state index in [0.717, 1.165) is 13.1 Å². The zero-order valence-corrected chi connectivity index (χ0v) is 13.0. The van der Waals surface area contributed by atoms with Gasteiger partial charge < -0.3 is 10.2 Å². The Morgan fingerprint density at radius 1 is 1.33 bits per heavy atom. The van der Waals surface area contributed by atoms with Crippen LogP contribution in [0.25, 0.3) is 0 Å². The molecule has 1 heterocycles. The first-order valence-electron chi connectivity index (χ1n) is 7.19. The van der Waals surface area contributed by atoms with E-state index in [4.69, 9.17) is 11.6 Å². The molecule has 6 heteroatoms. The maximum absolute atomic E-state index is 13.8. The van der Waals surface area contributed by atoms with Gasteiger partial charge in [0, 0.05) is 56.3 Å². The summed E-state index contributed by atoms with van der Waals surface area (Å²) >= 11 is 6.05. The number of hydrogen-bond donors (Lipinski definition) is 1. The summed E-state index contributed by atoms with van der Waals surface area (Å²) in [6, 6.07) is 4.75. The summed E-state index contributed by atoms with van der Waals surface area (Å²) in [5, 5.41) is 3.44. The molecule has 1 aromatic carbocycles. The molecule has 1 aromatic rings. The number of carbonyl (C=O) groups excluding carboxylic acids is 1. The molecule has 0 spiro atoms. The molecule has 0 radical (unpaired) electrons. The van der Waals surface area contributed by atoms with E-state index in [1.807, 2.05) is 11.9 Å². The average molecular weight is 314 g/mol. The number of nitrogens with one attached hydrogen (secondary N) is 1. The van der Waals surface area contributed by atoms with Crippen molar-refractivity contribution < 1.29 is 9.18 Å². The lowest BCUT2D eigenvalue weighted by Gasteiger charge is -2.35. The standard InChI is InChI=1S/C15H21ClFN3O/c1-18-6-5-15(21)20-9-7-19(8-10-20)11-12-13(16)3-2-4-14(12)17/h2-4,18H,5-11H2,1H3. The van der Waals surface area contributed by atoms with Crippen molar-refractivity contribution in [1.29, 1.82) is 0 Å². The fourth-order valence-electron chi connectivity index (χ4n) is 2.45. The van der Waals surface area contributed by atoms with E-state index in [1.54, 1.807) is 12.1 Å². The minimum Gasteiger partial charge on any atom is -0.340 e. The molecule has 4 nitrogen and oxygen atoms in total. The van der Waals surface area contributed by atoms with Crippen molar-refractivity contribution in [3.05, 3.63) is 34.6 Å². The third-order valence-electron chi connectivity index (χ3n) is 3.76. The molecule has 2 rings (SSSR count).